The van der Waals surface area contributed by atoms with E-state index in [1.165, 1.54) is 17.4 Å². The van der Waals surface area contributed by atoms with Crippen molar-refractivity contribution in [1.29, 1.82) is 0 Å². The molecule has 2 heterocycles. The minimum absolute atomic E-state index is 0.0729. The molecule has 0 saturated heterocycles. The highest BCUT2D eigenvalue weighted by Crippen LogP contribution is 2.28. The topological polar surface area (TPSA) is 29.5 Å². The summed E-state index contributed by atoms with van der Waals surface area (Å²) in [5.74, 6) is 0.341. The highest BCUT2D eigenvalue weighted by molar-refractivity contribution is 9.10. The second-order valence-corrected chi connectivity index (χ2v) is 6.68. The maximum Gasteiger partial charge on any atom is 0.264 e. The molecule has 3 nitrogen and oxygen atoms in total. The van der Waals surface area contributed by atoms with Gasteiger partial charge in [0.2, 0.25) is 0 Å². The van der Waals surface area contributed by atoms with Gasteiger partial charge in [-0.1, -0.05) is 15.9 Å². The van der Waals surface area contributed by atoms with E-state index in [1.807, 2.05) is 6.07 Å². The number of carbonyl (C=O) groups is 1. The number of ether oxygens (including phenoxy) is 1. The zero-order valence-corrected chi connectivity index (χ0v) is 13.8. The molecule has 0 spiro atoms. The van der Waals surface area contributed by atoms with Crippen molar-refractivity contribution in [3.8, 4) is 5.75 Å². The lowest BCUT2D eigenvalue weighted by Gasteiger charge is -2.29. The molecule has 6 heteroatoms. The Labute approximate surface area is 134 Å². The van der Waals surface area contributed by atoms with Gasteiger partial charge in [0.1, 0.15) is 11.6 Å². The molecule has 0 bridgehead atoms. The van der Waals surface area contributed by atoms with Gasteiger partial charge in [0.05, 0.1) is 12.0 Å². The Morgan fingerprint density at radius 1 is 1.43 bits per heavy atom. The highest BCUT2D eigenvalue weighted by atomic mass is 79.9. The van der Waals surface area contributed by atoms with Gasteiger partial charge < -0.3 is 9.64 Å². The van der Waals surface area contributed by atoms with Crippen LogP contribution in [0, 0.1) is 5.82 Å². The zero-order chi connectivity index (χ0) is 15.0. The first-order chi connectivity index (χ1) is 10.1. The first-order valence-electron chi connectivity index (χ1n) is 6.47. The summed E-state index contributed by atoms with van der Waals surface area (Å²) in [7, 11) is 1.57. The molecule has 1 aliphatic heterocycles. The van der Waals surface area contributed by atoms with Crippen LogP contribution in [-0.4, -0.2) is 24.5 Å². The fourth-order valence-corrected chi connectivity index (χ4v) is 3.75. The Bertz CT molecular complexity index is 701. The maximum atomic E-state index is 14.0. The van der Waals surface area contributed by atoms with Crippen LogP contribution in [-0.2, 0) is 13.0 Å². The third kappa shape index (κ3) is 2.82. The van der Waals surface area contributed by atoms with E-state index in [1.54, 1.807) is 23.5 Å². The summed E-state index contributed by atoms with van der Waals surface area (Å²) in [4.78, 5) is 14.8. The van der Waals surface area contributed by atoms with E-state index in [0.717, 1.165) is 10.0 Å². The van der Waals surface area contributed by atoms with Crippen LogP contribution in [0.3, 0.4) is 0 Å². The number of methoxy groups -OCH3 is 1. The third-order valence-corrected chi connectivity index (χ3v) is 4.92. The molecule has 21 heavy (non-hydrogen) atoms. The Morgan fingerprint density at radius 3 is 2.95 bits per heavy atom. The van der Waals surface area contributed by atoms with Crippen LogP contribution < -0.4 is 4.74 Å². The average Bonchev–Trinajstić information content (AvgIpc) is 2.95. The molecule has 1 aromatic heterocycles. The van der Waals surface area contributed by atoms with Crippen LogP contribution in [0.4, 0.5) is 4.39 Å². The highest BCUT2D eigenvalue weighted by Gasteiger charge is 2.25. The lowest BCUT2D eigenvalue weighted by atomic mass is 9.99. The van der Waals surface area contributed by atoms with E-state index >= 15 is 0 Å². The van der Waals surface area contributed by atoms with E-state index in [0.29, 0.717) is 35.7 Å². The van der Waals surface area contributed by atoms with E-state index in [9.17, 15) is 9.18 Å². The standard InChI is InChI=1S/C15H13BrFNO2S/c1-20-11-6-14(21-8-11)15(19)18-3-2-9-4-10(16)5-13(17)12(9)7-18/h4-6,8H,2-3,7H2,1H3. The molecule has 3 rings (SSSR count). The van der Waals surface area contributed by atoms with Crippen molar-refractivity contribution >= 4 is 33.2 Å². The lowest BCUT2D eigenvalue weighted by molar-refractivity contribution is 0.0737. The summed E-state index contributed by atoms with van der Waals surface area (Å²) >= 11 is 4.65. The molecule has 1 amide bonds. The van der Waals surface area contributed by atoms with Gasteiger partial charge in [-0.2, -0.15) is 0 Å². The summed E-state index contributed by atoms with van der Waals surface area (Å²) in [5, 5.41) is 1.79. The number of halogens is 2. The largest absolute Gasteiger partial charge is 0.496 e. The molecule has 0 N–H and O–H groups in total. The molecule has 110 valence electrons. The van der Waals surface area contributed by atoms with E-state index < -0.39 is 0 Å². The van der Waals surface area contributed by atoms with Crippen molar-refractivity contribution in [1.82, 2.24) is 4.90 Å². The fraction of sp³-hybridized carbons (Fsp3) is 0.267. The van der Waals surface area contributed by atoms with Crippen LogP contribution in [0.2, 0.25) is 0 Å². The van der Waals surface area contributed by atoms with Gasteiger partial charge >= 0.3 is 0 Å². The SMILES string of the molecule is COc1csc(C(=O)N2CCc3cc(Br)cc(F)c3C2)c1. The number of hydrogen-bond donors (Lipinski definition) is 0. The van der Waals surface area contributed by atoms with Crippen molar-refractivity contribution in [3.05, 3.63) is 49.9 Å². The predicted octanol–water partition coefficient (Wildman–Crippen LogP) is 3.86. The first-order valence-corrected chi connectivity index (χ1v) is 8.14. The molecule has 1 aromatic carbocycles. The van der Waals surface area contributed by atoms with Gasteiger partial charge in [-0.05, 0) is 24.1 Å². The third-order valence-electron chi connectivity index (χ3n) is 3.56. The second kappa shape index (κ2) is 5.77. The molecule has 0 aliphatic carbocycles. The predicted molar refractivity (Wildman–Crippen MR) is 83.4 cm³/mol. The van der Waals surface area contributed by atoms with Gasteiger partial charge in [0, 0.05) is 34.6 Å². The number of hydrogen-bond acceptors (Lipinski definition) is 3. The van der Waals surface area contributed by atoms with Crippen LogP contribution >= 0.6 is 27.3 Å². The van der Waals surface area contributed by atoms with Crippen LogP contribution in [0.1, 0.15) is 20.8 Å². The molecule has 0 fully saturated rings. The number of carbonyl (C=O) groups excluding carboxylic acids is 1. The number of rotatable bonds is 2. The summed E-state index contributed by atoms with van der Waals surface area (Å²) in [5.41, 5.74) is 1.58. The molecule has 2 aromatic rings. The van der Waals surface area contributed by atoms with Gasteiger partial charge in [-0.3, -0.25) is 4.79 Å². The molecule has 0 radical (unpaired) electrons. The minimum Gasteiger partial charge on any atom is -0.496 e. The van der Waals surface area contributed by atoms with Gasteiger partial charge in [0.15, 0.2) is 0 Å². The molecule has 0 saturated carbocycles. The van der Waals surface area contributed by atoms with Crippen molar-refractivity contribution in [2.45, 2.75) is 13.0 Å². The molecule has 0 atom stereocenters. The maximum absolute atomic E-state index is 14.0. The Morgan fingerprint density at radius 2 is 2.24 bits per heavy atom. The van der Waals surface area contributed by atoms with E-state index in [4.69, 9.17) is 4.74 Å². The Balaban J connectivity index is 1.84. The number of thiophene rings is 1. The molecular formula is C15H13BrFNO2S. The summed E-state index contributed by atoms with van der Waals surface area (Å²) in [6.07, 6.45) is 0.667. The minimum atomic E-state index is -0.263. The molecule has 0 unspecified atom stereocenters. The van der Waals surface area contributed by atoms with E-state index in [-0.39, 0.29) is 11.7 Å². The van der Waals surface area contributed by atoms with Crippen molar-refractivity contribution in [3.63, 3.8) is 0 Å². The van der Waals surface area contributed by atoms with E-state index in [2.05, 4.69) is 15.9 Å². The van der Waals surface area contributed by atoms with Gasteiger partial charge in [-0.15, -0.1) is 11.3 Å². The van der Waals surface area contributed by atoms with Crippen molar-refractivity contribution < 1.29 is 13.9 Å². The monoisotopic (exact) mass is 369 g/mol. The van der Waals surface area contributed by atoms with Crippen molar-refractivity contribution in [2.24, 2.45) is 0 Å². The quantitative estimate of drug-likeness (QED) is 0.804. The zero-order valence-electron chi connectivity index (χ0n) is 11.4. The summed E-state index contributed by atoms with van der Waals surface area (Å²) < 4.78 is 19.9. The number of benzene rings is 1. The van der Waals surface area contributed by atoms with Gasteiger partial charge in [-0.25, -0.2) is 4.39 Å². The number of amides is 1. The van der Waals surface area contributed by atoms with Crippen LogP contribution in [0.5, 0.6) is 5.75 Å². The number of fused-ring (bicyclic) bond motifs is 1. The first kappa shape index (κ1) is 14.5. The van der Waals surface area contributed by atoms with Crippen LogP contribution in [0.15, 0.2) is 28.1 Å². The number of nitrogens with zero attached hydrogens (tertiary/aromatic N) is 1. The Hall–Kier alpha value is -1.40. The van der Waals surface area contributed by atoms with Crippen molar-refractivity contribution in [2.75, 3.05) is 13.7 Å². The summed E-state index contributed by atoms with van der Waals surface area (Å²) in [6.45, 7) is 0.912. The van der Waals surface area contributed by atoms with Gasteiger partial charge in [0.25, 0.3) is 5.91 Å². The average molecular weight is 370 g/mol. The Kier molecular flexibility index (Phi) is 3.99. The molecular weight excluding hydrogens is 357 g/mol. The lowest BCUT2D eigenvalue weighted by Crippen LogP contribution is -2.36. The fourth-order valence-electron chi connectivity index (χ4n) is 2.45. The van der Waals surface area contributed by atoms with Crippen LogP contribution in [0.25, 0.3) is 0 Å². The smallest absolute Gasteiger partial charge is 0.264 e. The molecule has 1 aliphatic rings. The second-order valence-electron chi connectivity index (χ2n) is 4.85. The summed E-state index contributed by atoms with van der Waals surface area (Å²) in [6, 6.07) is 5.09. The normalized spacial score (nSPS) is 14.0.